The monoisotopic (exact) mass is 468 g/mol. The molecule has 0 amide bonds. The molecule has 0 bridgehead atoms. The van der Waals surface area contributed by atoms with Crippen molar-refractivity contribution in [2.45, 2.75) is 28.8 Å². The van der Waals surface area contributed by atoms with E-state index in [2.05, 4.69) is 19.7 Å². The highest BCUT2D eigenvalue weighted by Gasteiger charge is 2.18. The summed E-state index contributed by atoms with van der Waals surface area (Å²) in [6.45, 7) is 1.30. The number of hydrogen-bond donors (Lipinski definition) is 2. The molecule has 1 aromatic carbocycles. The molecule has 1 atom stereocenters. The van der Waals surface area contributed by atoms with E-state index in [1.807, 2.05) is 0 Å². The molecule has 0 unspecified atom stereocenters. The third kappa shape index (κ3) is 6.09. The zero-order valence-corrected chi connectivity index (χ0v) is 17.8. The van der Waals surface area contributed by atoms with Crippen molar-refractivity contribution in [2.24, 2.45) is 0 Å². The van der Waals surface area contributed by atoms with Crippen molar-refractivity contribution in [2.75, 3.05) is 11.3 Å². The second-order valence-corrected chi connectivity index (χ2v) is 8.90. The Bertz CT molecular complexity index is 1150. The summed E-state index contributed by atoms with van der Waals surface area (Å²) in [6.07, 6.45) is 2.06. The number of halogens is 2. The van der Waals surface area contributed by atoms with Crippen LogP contribution in [0.2, 0.25) is 0 Å². The Kier molecular flexibility index (Phi) is 7.36. The lowest BCUT2D eigenvalue weighted by atomic mass is 10.2. The number of ether oxygens (including phenoxy) is 1. The Labute approximate surface area is 181 Å². The lowest BCUT2D eigenvalue weighted by Gasteiger charge is -2.14. The van der Waals surface area contributed by atoms with E-state index >= 15 is 0 Å². The first-order valence-corrected chi connectivity index (χ1v) is 11.4. The average Bonchev–Trinajstić information content (AvgIpc) is 2.75. The Morgan fingerprint density at radius 1 is 1.19 bits per heavy atom. The summed E-state index contributed by atoms with van der Waals surface area (Å²) < 4.78 is 60.3. The molecule has 0 radical (unpaired) electrons. The van der Waals surface area contributed by atoms with E-state index in [1.54, 1.807) is 6.92 Å². The molecule has 0 aliphatic rings. The Hall–Kier alpha value is -2.83. The van der Waals surface area contributed by atoms with Crippen LogP contribution in [0.3, 0.4) is 0 Å². The van der Waals surface area contributed by atoms with Gasteiger partial charge in [-0.3, -0.25) is 9.71 Å². The fourth-order valence-corrected chi connectivity index (χ4v) is 4.14. The smallest absolute Gasteiger partial charge is 0.263 e. The number of aliphatic hydroxyl groups excluding tert-OH is 1. The van der Waals surface area contributed by atoms with Gasteiger partial charge in [-0.25, -0.2) is 22.2 Å². The van der Waals surface area contributed by atoms with E-state index < -0.39 is 27.8 Å². The first-order chi connectivity index (χ1) is 14.8. The highest BCUT2D eigenvalue weighted by Crippen LogP contribution is 2.27. The van der Waals surface area contributed by atoms with Gasteiger partial charge in [-0.15, -0.1) is 0 Å². The fourth-order valence-electron chi connectivity index (χ4n) is 2.34. The summed E-state index contributed by atoms with van der Waals surface area (Å²) in [5, 5.41) is 9.28. The van der Waals surface area contributed by atoms with Crippen LogP contribution in [0.25, 0.3) is 0 Å². The van der Waals surface area contributed by atoms with Gasteiger partial charge in [-0.05, 0) is 25.1 Å². The van der Waals surface area contributed by atoms with Crippen molar-refractivity contribution >= 4 is 27.6 Å². The molecule has 0 aliphatic heterocycles. The summed E-state index contributed by atoms with van der Waals surface area (Å²) in [4.78, 5) is 12.0. The van der Waals surface area contributed by atoms with Gasteiger partial charge in [0.2, 0.25) is 5.88 Å². The van der Waals surface area contributed by atoms with E-state index in [0.717, 1.165) is 17.8 Å². The number of pyridine rings is 1. The maximum Gasteiger partial charge on any atom is 0.263 e. The molecule has 164 valence electrons. The van der Waals surface area contributed by atoms with Crippen LogP contribution in [0.1, 0.15) is 12.5 Å². The van der Waals surface area contributed by atoms with Gasteiger partial charge in [0.05, 0.1) is 11.5 Å². The summed E-state index contributed by atoms with van der Waals surface area (Å²) in [6, 6.07) is 7.71. The zero-order valence-electron chi connectivity index (χ0n) is 16.2. The molecule has 31 heavy (non-hydrogen) atoms. The molecule has 3 rings (SSSR count). The van der Waals surface area contributed by atoms with Crippen molar-refractivity contribution in [3.63, 3.8) is 0 Å². The SMILES string of the molecule is C[C@H](CO)Oc1cc(NS(=O)(=O)c2ccncc2)nc(SCc2cccc(F)c2F)n1. The predicted molar refractivity (Wildman–Crippen MR) is 110 cm³/mol. The standard InChI is InChI=1S/C19H18F2N4O4S2/c1-12(10-26)29-17-9-16(25-31(27,28)14-5-7-22-8-6-14)23-19(24-17)30-11-13-3-2-4-15(20)18(13)21/h2-9,12,26H,10-11H2,1H3,(H,23,24,25)/t12-/m1/s1. The number of rotatable bonds is 9. The maximum absolute atomic E-state index is 13.9. The summed E-state index contributed by atoms with van der Waals surface area (Å²) >= 11 is 0.965. The van der Waals surface area contributed by atoms with Crippen LogP contribution in [-0.4, -0.2) is 41.2 Å². The number of thioether (sulfide) groups is 1. The molecular weight excluding hydrogens is 450 g/mol. The van der Waals surface area contributed by atoms with Gasteiger partial charge >= 0.3 is 0 Å². The average molecular weight is 469 g/mol. The second kappa shape index (κ2) is 9.98. The number of benzene rings is 1. The van der Waals surface area contributed by atoms with Crippen LogP contribution < -0.4 is 9.46 Å². The Morgan fingerprint density at radius 2 is 1.94 bits per heavy atom. The fraction of sp³-hybridized carbons (Fsp3) is 0.211. The van der Waals surface area contributed by atoms with Gasteiger partial charge in [0, 0.05) is 29.8 Å². The van der Waals surface area contributed by atoms with Gasteiger partial charge in [0.15, 0.2) is 16.8 Å². The largest absolute Gasteiger partial charge is 0.472 e. The summed E-state index contributed by atoms with van der Waals surface area (Å²) in [5.74, 6) is -2.03. The number of nitrogens with zero attached hydrogens (tertiary/aromatic N) is 3. The van der Waals surface area contributed by atoms with Gasteiger partial charge in [0.1, 0.15) is 11.9 Å². The Balaban J connectivity index is 1.88. The number of aromatic nitrogens is 3. The third-order valence-corrected chi connectivity index (χ3v) is 6.12. The number of aliphatic hydroxyl groups is 1. The molecule has 8 nitrogen and oxygen atoms in total. The van der Waals surface area contributed by atoms with E-state index in [0.29, 0.717) is 0 Å². The van der Waals surface area contributed by atoms with Crippen molar-refractivity contribution in [1.29, 1.82) is 0 Å². The van der Waals surface area contributed by atoms with Crippen LogP contribution in [0.15, 0.2) is 58.8 Å². The van der Waals surface area contributed by atoms with Crippen LogP contribution in [-0.2, 0) is 15.8 Å². The zero-order chi connectivity index (χ0) is 22.4. The van der Waals surface area contributed by atoms with Gasteiger partial charge in [-0.1, -0.05) is 23.9 Å². The van der Waals surface area contributed by atoms with Gasteiger partial charge in [0.25, 0.3) is 10.0 Å². The number of sulfonamides is 1. The minimum absolute atomic E-state index is 0.000848. The molecule has 2 heterocycles. The predicted octanol–water partition coefficient (Wildman–Crippen LogP) is 3.00. The molecule has 0 saturated carbocycles. The third-order valence-electron chi connectivity index (χ3n) is 3.85. The van der Waals surface area contributed by atoms with E-state index in [9.17, 15) is 22.3 Å². The second-order valence-electron chi connectivity index (χ2n) is 6.28. The number of nitrogens with one attached hydrogen (secondary N) is 1. The van der Waals surface area contributed by atoms with Crippen LogP contribution in [0.4, 0.5) is 14.6 Å². The lowest BCUT2D eigenvalue weighted by molar-refractivity contribution is 0.124. The molecular formula is C19H18F2N4O4S2. The van der Waals surface area contributed by atoms with Crippen LogP contribution in [0, 0.1) is 11.6 Å². The summed E-state index contributed by atoms with van der Waals surface area (Å²) in [5.41, 5.74) is 0.0996. The van der Waals surface area contributed by atoms with Crippen molar-refractivity contribution in [3.8, 4) is 5.88 Å². The maximum atomic E-state index is 13.9. The quantitative estimate of drug-likeness (QED) is 0.364. The van der Waals surface area contributed by atoms with Gasteiger partial charge < -0.3 is 9.84 Å². The minimum atomic E-state index is -3.96. The lowest BCUT2D eigenvalue weighted by Crippen LogP contribution is -2.18. The molecule has 0 fully saturated rings. The minimum Gasteiger partial charge on any atom is -0.472 e. The van der Waals surface area contributed by atoms with Crippen molar-refractivity contribution in [1.82, 2.24) is 15.0 Å². The number of hydrogen-bond acceptors (Lipinski definition) is 8. The van der Waals surface area contributed by atoms with Crippen molar-refractivity contribution in [3.05, 3.63) is 66.0 Å². The van der Waals surface area contributed by atoms with E-state index in [-0.39, 0.29) is 39.7 Å². The topological polar surface area (TPSA) is 114 Å². The molecule has 0 aliphatic carbocycles. The van der Waals surface area contributed by atoms with Crippen LogP contribution >= 0.6 is 11.8 Å². The molecule has 2 aromatic heterocycles. The molecule has 12 heteroatoms. The molecule has 0 saturated heterocycles. The normalized spacial score (nSPS) is 12.4. The molecule has 2 N–H and O–H groups in total. The summed E-state index contributed by atoms with van der Waals surface area (Å²) in [7, 11) is -3.96. The van der Waals surface area contributed by atoms with Crippen molar-refractivity contribution < 1.29 is 27.0 Å². The van der Waals surface area contributed by atoms with Crippen LogP contribution in [0.5, 0.6) is 5.88 Å². The highest BCUT2D eigenvalue weighted by molar-refractivity contribution is 7.98. The Morgan fingerprint density at radius 3 is 2.65 bits per heavy atom. The molecule has 3 aromatic rings. The highest BCUT2D eigenvalue weighted by atomic mass is 32.2. The van der Waals surface area contributed by atoms with Gasteiger partial charge in [-0.2, -0.15) is 4.98 Å². The van der Waals surface area contributed by atoms with E-state index in [1.165, 1.54) is 42.7 Å². The van der Waals surface area contributed by atoms with E-state index in [4.69, 9.17) is 4.74 Å². The first-order valence-electron chi connectivity index (χ1n) is 8.93. The first kappa shape index (κ1) is 22.8. The molecule has 0 spiro atoms. The number of anilines is 1.